The molecule has 1 saturated carbocycles. The second-order valence-corrected chi connectivity index (χ2v) is 5.37. The average molecular weight is 303 g/mol. The van der Waals surface area contributed by atoms with Gasteiger partial charge in [-0.3, -0.25) is 4.79 Å². The number of anilines is 1. The number of aryl methyl sites for hydroxylation is 1. The van der Waals surface area contributed by atoms with Gasteiger partial charge in [0.25, 0.3) is 0 Å². The third-order valence-corrected chi connectivity index (χ3v) is 3.83. The van der Waals surface area contributed by atoms with Crippen LogP contribution in [-0.2, 0) is 11.8 Å². The number of carbonyl (C=O) groups is 2. The van der Waals surface area contributed by atoms with Gasteiger partial charge in [-0.05, 0) is 24.6 Å². The van der Waals surface area contributed by atoms with Crippen LogP contribution in [0, 0.1) is 11.7 Å². The highest BCUT2D eigenvalue weighted by Crippen LogP contribution is 2.47. The molecule has 2 aromatic rings. The minimum absolute atomic E-state index is 0.0678. The Bertz CT molecular complexity index is 756. The number of nitrogens with zero attached hydrogens (tertiary/aromatic N) is 2. The van der Waals surface area contributed by atoms with Gasteiger partial charge in [0.05, 0.1) is 17.6 Å². The number of hydrogen-bond donors (Lipinski definition) is 2. The minimum atomic E-state index is -1.17. The molecule has 6 nitrogen and oxygen atoms in total. The summed E-state index contributed by atoms with van der Waals surface area (Å²) in [6, 6.07) is 3.31. The zero-order valence-electron chi connectivity index (χ0n) is 11.8. The minimum Gasteiger partial charge on any atom is -0.478 e. The molecule has 2 N–H and O–H groups in total. The fourth-order valence-electron chi connectivity index (χ4n) is 2.52. The van der Waals surface area contributed by atoms with E-state index in [4.69, 9.17) is 5.11 Å². The molecule has 1 amide bonds. The normalized spacial score (nSPS) is 19.7. The number of aromatic nitrogens is 2. The maximum Gasteiger partial charge on any atom is 0.335 e. The Hall–Kier alpha value is -2.70. The first-order chi connectivity index (χ1) is 10.5. The van der Waals surface area contributed by atoms with E-state index in [1.165, 1.54) is 0 Å². The number of rotatable bonds is 4. The van der Waals surface area contributed by atoms with Gasteiger partial charge >= 0.3 is 5.97 Å². The van der Waals surface area contributed by atoms with Gasteiger partial charge in [0.1, 0.15) is 5.82 Å². The first-order valence-electron chi connectivity index (χ1n) is 6.77. The van der Waals surface area contributed by atoms with Gasteiger partial charge < -0.3 is 15.0 Å². The quantitative estimate of drug-likeness (QED) is 0.904. The molecule has 1 aromatic carbocycles. The van der Waals surface area contributed by atoms with E-state index >= 15 is 0 Å². The van der Waals surface area contributed by atoms with Crippen molar-refractivity contribution in [2.75, 3.05) is 5.32 Å². The van der Waals surface area contributed by atoms with E-state index in [1.54, 1.807) is 12.5 Å². The Morgan fingerprint density at radius 3 is 2.86 bits per heavy atom. The van der Waals surface area contributed by atoms with Gasteiger partial charge in [-0.15, -0.1) is 0 Å². The standard InChI is InChI=1S/C15H14FN3O3/c1-19-7-17-6-13(19)9-5-10(9)14(20)18-12-4-8(15(21)22)2-3-11(12)16/h2-4,6-7,9-10H,5H2,1H3,(H,18,20)(H,21,22)/t9-,10-/m1/s1. The SMILES string of the molecule is Cn1cncc1[C@@H]1C[C@H]1C(=O)Nc1cc(C(=O)O)ccc1F. The molecule has 2 atom stereocenters. The van der Waals surface area contributed by atoms with Crippen LogP contribution >= 0.6 is 0 Å². The van der Waals surface area contributed by atoms with Gasteiger partial charge in [0.15, 0.2) is 0 Å². The largest absolute Gasteiger partial charge is 0.478 e. The molecule has 0 bridgehead atoms. The monoisotopic (exact) mass is 303 g/mol. The first-order valence-corrected chi connectivity index (χ1v) is 6.77. The van der Waals surface area contributed by atoms with Crippen molar-refractivity contribution in [2.24, 2.45) is 13.0 Å². The average Bonchev–Trinajstić information content (AvgIpc) is 3.16. The van der Waals surface area contributed by atoms with Crippen LogP contribution < -0.4 is 5.32 Å². The van der Waals surface area contributed by atoms with E-state index in [0.717, 1.165) is 23.9 Å². The molecule has 1 aliphatic rings. The molecule has 114 valence electrons. The van der Waals surface area contributed by atoms with Crippen molar-refractivity contribution in [3.8, 4) is 0 Å². The second kappa shape index (κ2) is 5.25. The predicted octanol–water partition coefficient (Wildman–Crippen LogP) is 2.00. The highest BCUT2D eigenvalue weighted by Gasteiger charge is 2.45. The Kier molecular flexibility index (Phi) is 3.40. The van der Waals surface area contributed by atoms with Gasteiger partial charge in [-0.2, -0.15) is 0 Å². The molecule has 0 unspecified atom stereocenters. The molecule has 7 heteroatoms. The summed E-state index contributed by atoms with van der Waals surface area (Å²) in [4.78, 5) is 27.1. The van der Waals surface area contributed by atoms with E-state index in [2.05, 4.69) is 10.3 Å². The van der Waals surface area contributed by atoms with Crippen LogP contribution in [0.25, 0.3) is 0 Å². The van der Waals surface area contributed by atoms with Crippen molar-refractivity contribution in [3.05, 3.63) is 47.8 Å². The van der Waals surface area contributed by atoms with Crippen LogP contribution in [0.1, 0.15) is 28.4 Å². The summed E-state index contributed by atoms with van der Waals surface area (Å²) in [6.45, 7) is 0. The number of carboxylic acid groups (broad SMARTS) is 1. The number of imidazole rings is 1. The van der Waals surface area contributed by atoms with Crippen molar-refractivity contribution < 1.29 is 19.1 Å². The number of amides is 1. The van der Waals surface area contributed by atoms with E-state index in [-0.39, 0.29) is 29.0 Å². The second-order valence-electron chi connectivity index (χ2n) is 5.37. The number of carbonyl (C=O) groups excluding carboxylic acids is 1. The van der Waals surface area contributed by atoms with Crippen LogP contribution in [0.2, 0.25) is 0 Å². The third-order valence-electron chi connectivity index (χ3n) is 3.83. The maximum atomic E-state index is 13.7. The molecule has 0 radical (unpaired) electrons. The van der Waals surface area contributed by atoms with Gasteiger partial charge in [-0.25, -0.2) is 14.2 Å². The Morgan fingerprint density at radius 1 is 1.45 bits per heavy atom. The topological polar surface area (TPSA) is 84.2 Å². The molecule has 1 aliphatic carbocycles. The number of hydrogen-bond acceptors (Lipinski definition) is 3. The molecule has 0 spiro atoms. The van der Waals surface area contributed by atoms with Gasteiger partial charge in [0.2, 0.25) is 5.91 Å². The number of aromatic carboxylic acids is 1. The van der Waals surface area contributed by atoms with Gasteiger partial charge in [0, 0.05) is 30.8 Å². The highest BCUT2D eigenvalue weighted by molar-refractivity contribution is 5.97. The fourth-order valence-corrected chi connectivity index (χ4v) is 2.52. The molecular formula is C15H14FN3O3. The molecule has 3 rings (SSSR count). The summed E-state index contributed by atoms with van der Waals surface area (Å²) in [5.74, 6) is -2.32. The number of nitrogens with one attached hydrogen (secondary N) is 1. The third kappa shape index (κ3) is 2.57. The smallest absolute Gasteiger partial charge is 0.335 e. The molecule has 0 aliphatic heterocycles. The lowest BCUT2D eigenvalue weighted by atomic mass is 10.2. The zero-order chi connectivity index (χ0) is 15.9. The van der Waals surface area contributed by atoms with Crippen molar-refractivity contribution in [1.29, 1.82) is 0 Å². The number of benzene rings is 1. The molecule has 1 heterocycles. The molecule has 0 saturated heterocycles. The van der Waals surface area contributed by atoms with Crippen molar-refractivity contribution in [3.63, 3.8) is 0 Å². The van der Waals surface area contributed by atoms with E-state index in [9.17, 15) is 14.0 Å². The summed E-state index contributed by atoms with van der Waals surface area (Å²) in [5.41, 5.74) is 0.774. The summed E-state index contributed by atoms with van der Waals surface area (Å²) in [5, 5.41) is 11.4. The van der Waals surface area contributed by atoms with Crippen LogP contribution in [0.3, 0.4) is 0 Å². The number of halogens is 1. The molecular weight excluding hydrogens is 289 g/mol. The van der Waals surface area contributed by atoms with E-state index in [0.29, 0.717) is 6.42 Å². The van der Waals surface area contributed by atoms with Gasteiger partial charge in [-0.1, -0.05) is 0 Å². The predicted molar refractivity (Wildman–Crippen MR) is 76.0 cm³/mol. The lowest BCUT2D eigenvalue weighted by Gasteiger charge is -2.07. The Morgan fingerprint density at radius 2 is 2.23 bits per heavy atom. The summed E-state index contributed by atoms with van der Waals surface area (Å²) in [7, 11) is 1.85. The summed E-state index contributed by atoms with van der Waals surface area (Å²) < 4.78 is 15.5. The summed E-state index contributed by atoms with van der Waals surface area (Å²) >= 11 is 0. The molecule has 1 fully saturated rings. The van der Waals surface area contributed by atoms with Crippen LogP contribution in [-0.4, -0.2) is 26.5 Å². The van der Waals surface area contributed by atoms with Crippen LogP contribution in [0.4, 0.5) is 10.1 Å². The lowest BCUT2D eigenvalue weighted by molar-refractivity contribution is -0.117. The first kappa shape index (κ1) is 14.2. The van der Waals surface area contributed by atoms with E-state index < -0.39 is 11.8 Å². The lowest BCUT2D eigenvalue weighted by Crippen LogP contribution is -2.16. The van der Waals surface area contributed by atoms with E-state index in [1.807, 2.05) is 11.6 Å². The van der Waals surface area contributed by atoms with Crippen LogP contribution in [0.5, 0.6) is 0 Å². The zero-order valence-corrected chi connectivity index (χ0v) is 11.8. The summed E-state index contributed by atoms with van der Waals surface area (Å²) in [6.07, 6.45) is 4.05. The highest BCUT2D eigenvalue weighted by atomic mass is 19.1. The maximum absolute atomic E-state index is 13.7. The molecule has 22 heavy (non-hydrogen) atoms. The molecule has 1 aromatic heterocycles. The van der Waals surface area contributed by atoms with Crippen molar-refractivity contribution >= 4 is 17.6 Å². The number of carboxylic acids is 1. The Balaban J connectivity index is 1.72. The van der Waals surface area contributed by atoms with Crippen molar-refractivity contribution in [1.82, 2.24) is 9.55 Å². The fraction of sp³-hybridized carbons (Fsp3) is 0.267. The Labute approximate surface area is 125 Å². The van der Waals surface area contributed by atoms with Crippen LogP contribution in [0.15, 0.2) is 30.7 Å². The van der Waals surface area contributed by atoms with Crippen molar-refractivity contribution in [2.45, 2.75) is 12.3 Å².